The molecule has 8 unspecified atom stereocenters. The molecule has 1 saturated heterocycles. The van der Waals surface area contributed by atoms with Gasteiger partial charge in [-0.05, 0) is 43.0 Å². The van der Waals surface area contributed by atoms with Crippen LogP contribution in [0.25, 0.3) is 0 Å². The number of aliphatic hydroxyl groups excluding tert-OH is 5. The molecular formula is C39H50O11. The molecule has 0 radical (unpaired) electrons. The molecule has 0 bridgehead atoms. The van der Waals surface area contributed by atoms with Crippen LogP contribution in [0.3, 0.4) is 0 Å². The van der Waals surface area contributed by atoms with Crippen molar-refractivity contribution in [1.82, 2.24) is 0 Å². The number of rotatable bonds is 19. The normalized spacial score (nSPS) is 23.5. The molecule has 0 aromatic heterocycles. The molecule has 0 spiro atoms. The van der Waals surface area contributed by atoms with E-state index in [4.69, 9.17) is 33.5 Å². The van der Waals surface area contributed by atoms with Crippen molar-refractivity contribution in [2.24, 2.45) is 0 Å². The van der Waals surface area contributed by atoms with Gasteiger partial charge in [-0.3, -0.25) is 0 Å². The molecule has 8 atom stereocenters. The third kappa shape index (κ3) is 11.4. The molecule has 1 heterocycles. The minimum Gasteiger partial charge on any atom is -0.506 e. The topological polar surface area (TPSA) is 157 Å². The van der Waals surface area contributed by atoms with Gasteiger partial charge in [-0.2, -0.15) is 0 Å². The van der Waals surface area contributed by atoms with Gasteiger partial charge in [0.2, 0.25) is 12.6 Å². The van der Waals surface area contributed by atoms with Crippen LogP contribution in [0.15, 0.2) is 114 Å². The van der Waals surface area contributed by atoms with Crippen molar-refractivity contribution in [3.63, 3.8) is 0 Å². The van der Waals surface area contributed by atoms with Crippen LogP contribution in [0.2, 0.25) is 0 Å². The lowest BCUT2D eigenvalue weighted by atomic mass is 9.98. The first-order chi connectivity index (χ1) is 24.2. The Morgan fingerprint density at radius 2 is 1.22 bits per heavy atom. The Balaban J connectivity index is 1.62. The predicted molar refractivity (Wildman–Crippen MR) is 185 cm³/mol. The van der Waals surface area contributed by atoms with Gasteiger partial charge in [0.1, 0.15) is 36.3 Å². The number of hydrogen-bond donors (Lipinski definition) is 5. The summed E-state index contributed by atoms with van der Waals surface area (Å²) in [6.45, 7) is 5.77. The Labute approximate surface area is 293 Å². The Kier molecular flexibility index (Phi) is 15.7. The fraction of sp³-hybridized carbons (Fsp3) is 0.436. The Bertz CT molecular complexity index is 1450. The Morgan fingerprint density at radius 1 is 0.740 bits per heavy atom. The monoisotopic (exact) mass is 694 g/mol. The van der Waals surface area contributed by atoms with E-state index in [-0.39, 0.29) is 25.4 Å². The van der Waals surface area contributed by atoms with Gasteiger partial charge in [0.25, 0.3) is 0 Å². The SMILES string of the molecule is CC/C=C(\OC1OC(C)C(OCc2ccccc2)C(OCc2ccccc2)C1OCc1ccccc1)C(C)OC(O)/C(O)=C(/O)C(O)CCO. The Morgan fingerprint density at radius 3 is 1.70 bits per heavy atom. The van der Waals surface area contributed by atoms with Gasteiger partial charge in [0.05, 0.1) is 25.9 Å². The molecule has 4 rings (SSSR count). The van der Waals surface area contributed by atoms with Gasteiger partial charge in [0, 0.05) is 13.0 Å². The summed E-state index contributed by atoms with van der Waals surface area (Å²) in [5, 5.41) is 50.1. The second kappa shape index (κ2) is 20.2. The second-order valence-corrected chi connectivity index (χ2v) is 12.1. The maximum absolute atomic E-state index is 10.6. The van der Waals surface area contributed by atoms with Gasteiger partial charge in [0.15, 0.2) is 11.5 Å². The van der Waals surface area contributed by atoms with E-state index in [1.807, 2.05) is 105 Å². The highest BCUT2D eigenvalue weighted by Gasteiger charge is 2.48. The molecule has 1 fully saturated rings. The van der Waals surface area contributed by atoms with Crippen LogP contribution in [-0.4, -0.2) is 81.3 Å². The van der Waals surface area contributed by atoms with Crippen molar-refractivity contribution in [3.05, 3.63) is 131 Å². The van der Waals surface area contributed by atoms with Gasteiger partial charge in [-0.15, -0.1) is 0 Å². The van der Waals surface area contributed by atoms with Crippen molar-refractivity contribution in [2.45, 2.75) is 103 Å². The van der Waals surface area contributed by atoms with E-state index in [0.29, 0.717) is 13.0 Å². The van der Waals surface area contributed by atoms with Crippen LogP contribution >= 0.6 is 0 Å². The summed E-state index contributed by atoms with van der Waals surface area (Å²) in [6.07, 6.45) is -6.06. The van der Waals surface area contributed by atoms with E-state index in [2.05, 4.69) is 0 Å². The van der Waals surface area contributed by atoms with Crippen molar-refractivity contribution in [1.29, 1.82) is 0 Å². The summed E-state index contributed by atoms with van der Waals surface area (Å²) in [7, 11) is 0. The highest BCUT2D eigenvalue weighted by atomic mass is 16.7. The van der Waals surface area contributed by atoms with Gasteiger partial charge in [-0.1, -0.05) is 97.9 Å². The third-order valence-electron chi connectivity index (χ3n) is 8.19. The van der Waals surface area contributed by atoms with E-state index in [1.165, 1.54) is 0 Å². The standard InChI is InChI=1S/C39H50O11/c1-4-14-32(26(2)48-38(44)34(43)33(42)31(41)21-22-40)50-39-37(47-25-30-19-12-7-13-20-30)36(46-24-29-17-10-6-11-18-29)35(27(3)49-39)45-23-28-15-8-5-9-16-28/h5-20,26-27,31,35-44H,4,21-25H2,1-3H3/b32-14-,34-33-. The van der Waals surface area contributed by atoms with Gasteiger partial charge < -0.3 is 54.0 Å². The zero-order chi connectivity index (χ0) is 35.9. The first-order valence-corrected chi connectivity index (χ1v) is 16.9. The van der Waals surface area contributed by atoms with Crippen molar-refractivity contribution < 1.29 is 54.0 Å². The average molecular weight is 695 g/mol. The molecule has 0 saturated carbocycles. The minimum absolute atomic E-state index is 0.228. The highest BCUT2D eigenvalue weighted by molar-refractivity contribution is 5.16. The number of aliphatic hydroxyl groups is 5. The van der Waals surface area contributed by atoms with E-state index < -0.39 is 67.3 Å². The first-order valence-electron chi connectivity index (χ1n) is 16.9. The van der Waals surface area contributed by atoms with Crippen molar-refractivity contribution in [3.8, 4) is 0 Å². The molecular weight excluding hydrogens is 644 g/mol. The zero-order valence-corrected chi connectivity index (χ0v) is 28.8. The van der Waals surface area contributed by atoms with E-state index in [9.17, 15) is 20.4 Å². The highest BCUT2D eigenvalue weighted by Crippen LogP contribution is 2.33. The van der Waals surface area contributed by atoms with Crippen LogP contribution in [-0.2, 0) is 48.2 Å². The maximum atomic E-state index is 10.6. The van der Waals surface area contributed by atoms with Gasteiger partial charge in [-0.25, -0.2) is 0 Å². The summed E-state index contributed by atoms with van der Waals surface area (Å²) in [6, 6.07) is 29.3. The number of allylic oxidation sites excluding steroid dienone is 1. The van der Waals surface area contributed by atoms with Crippen LogP contribution in [0, 0.1) is 0 Å². The predicted octanol–water partition coefficient (Wildman–Crippen LogP) is 5.59. The van der Waals surface area contributed by atoms with Crippen LogP contribution in [0.5, 0.6) is 0 Å². The molecule has 272 valence electrons. The molecule has 1 aliphatic rings. The minimum atomic E-state index is -2.00. The quantitative estimate of drug-likeness (QED) is 0.0787. The molecule has 0 amide bonds. The maximum Gasteiger partial charge on any atom is 0.229 e. The van der Waals surface area contributed by atoms with Crippen molar-refractivity contribution >= 4 is 0 Å². The fourth-order valence-electron chi connectivity index (χ4n) is 5.49. The summed E-state index contributed by atoms with van der Waals surface area (Å²) in [4.78, 5) is 0. The van der Waals surface area contributed by atoms with Crippen LogP contribution in [0.1, 0.15) is 50.3 Å². The molecule has 11 nitrogen and oxygen atoms in total. The molecule has 3 aromatic rings. The first kappa shape index (κ1) is 39.0. The number of hydrogen-bond acceptors (Lipinski definition) is 11. The summed E-state index contributed by atoms with van der Waals surface area (Å²) in [5.74, 6) is -1.61. The van der Waals surface area contributed by atoms with Crippen LogP contribution in [0.4, 0.5) is 0 Å². The molecule has 3 aromatic carbocycles. The van der Waals surface area contributed by atoms with E-state index >= 15 is 0 Å². The Hall–Kier alpha value is -3.78. The average Bonchev–Trinajstić information content (AvgIpc) is 3.13. The molecule has 0 aliphatic carbocycles. The number of ether oxygens (including phenoxy) is 6. The fourth-order valence-corrected chi connectivity index (χ4v) is 5.49. The van der Waals surface area contributed by atoms with Crippen molar-refractivity contribution in [2.75, 3.05) is 6.61 Å². The summed E-state index contributed by atoms with van der Waals surface area (Å²) < 4.78 is 38.3. The number of benzene rings is 3. The lowest BCUT2D eigenvalue weighted by Crippen LogP contribution is -2.60. The third-order valence-corrected chi connectivity index (χ3v) is 8.19. The van der Waals surface area contributed by atoms with E-state index in [0.717, 1.165) is 16.7 Å². The van der Waals surface area contributed by atoms with Crippen LogP contribution < -0.4 is 0 Å². The second-order valence-electron chi connectivity index (χ2n) is 12.1. The smallest absolute Gasteiger partial charge is 0.229 e. The molecule has 11 heteroatoms. The lowest BCUT2D eigenvalue weighted by molar-refractivity contribution is -0.315. The molecule has 1 aliphatic heterocycles. The summed E-state index contributed by atoms with van der Waals surface area (Å²) >= 11 is 0. The molecule has 5 N–H and O–H groups in total. The zero-order valence-electron chi connectivity index (χ0n) is 28.8. The largest absolute Gasteiger partial charge is 0.506 e. The summed E-state index contributed by atoms with van der Waals surface area (Å²) in [5.41, 5.74) is 2.89. The molecule has 50 heavy (non-hydrogen) atoms. The van der Waals surface area contributed by atoms with E-state index in [1.54, 1.807) is 13.0 Å². The van der Waals surface area contributed by atoms with Gasteiger partial charge >= 0.3 is 0 Å². The lowest BCUT2D eigenvalue weighted by Gasteiger charge is -2.45.